The van der Waals surface area contributed by atoms with E-state index in [0.29, 0.717) is 17.0 Å². The van der Waals surface area contributed by atoms with Crippen LogP contribution in [0.5, 0.6) is 0 Å². The minimum Gasteiger partial charge on any atom is -0.436 e. The van der Waals surface area contributed by atoms with Crippen LogP contribution in [0.25, 0.3) is 22.6 Å². The van der Waals surface area contributed by atoms with Gasteiger partial charge in [0.05, 0.1) is 11.0 Å². The van der Waals surface area contributed by atoms with E-state index < -0.39 is 4.92 Å². The molecular weight excluding hydrogens is 244 g/mol. The van der Waals surface area contributed by atoms with Gasteiger partial charge in [-0.3, -0.25) is 10.1 Å². The Kier molecular flexibility index (Phi) is 2.52. The molecule has 3 aromatic rings. The molecule has 0 radical (unpaired) electrons. The van der Waals surface area contributed by atoms with Gasteiger partial charge in [0.2, 0.25) is 5.89 Å². The molecule has 0 aliphatic rings. The number of hydrogen-bond acceptors (Lipinski definition) is 4. The second kappa shape index (κ2) is 4.20. The van der Waals surface area contributed by atoms with E-state index in [1.165, 1.54) is 12.1 Å². The number of benzene rings is 2. The van der Waals surface area contributed by atoms with Gasteiger partial charge in [-0.05, 0) is 24.6 Å². The van der Waals surface area contributed by atoms with Gasteiger partial charge in [0.15, 0.2) is 5.58 Å². The van der Waals surface area contributed by atoms with E-state index in [1.807, 2.05) is 31.2 Å². The molecule has 1 aromatic heterocycles. The molecule has 3 rings (SSSR count). The molecule has 0 spiro atoms. The first-order chi connectivity index (χ1) is 9.15. The minimum atomic E-state index is -0.449. The van der Waals surface area contributed by atoms with Crippen molar-refractivity contribution in [2.75, 3.05) is 0 Å². The molecule has 0 saturated carbocycles. The molecule has 0 atom stereocenters. The molecule has 0 aliphatic carbocycles. The lowest BCUT2D eigenvalue weighted by atomic mass is 10.1. The highest BCUT2D eigenvalue weighted by atomic mass is 16.6. The van der Waals surface area contributed by atoms with E-state index in [4.69, 9.17) is 4.42 Å². The average Bonchev–Trinajstić information content (AvgIpc) is 2.81. The highest BCUT2D eigenvalue weighted by Crippen LogP contribution is 2.28. The summed E-state index contributed by atoms with van der Waals surface area (Å²) in [7, 11) is 0. The van der Waals surface area contributed by atoms with Crippen LogP contribution in [0.3, 0.4) is 0 Å². The predicted octanol–water partition coefficient (Wildman–Crippen LogP) is 3.71. The van der Waals surface area contributed by atoms with Gasteiger partial charge in [0.25, 0.3) is 5.69 Å². The maximum Gasteiger partial charge on any atom is 0.273 e. The summed E-state index contributed by atoms with van der Waals surface area (Å²) in [4.78, 5) is 14.6. The number of rotatable bonds is 2. The highest BCUT2D eigenvalue weighted by molar-refractivity contribution is 5.78. The number of oxazole rings is 1. The maximum atomic E-state index is 10.7. The van der Waals surface area contributed by atoms with Crippen LogP contribution in [0.1, 0.15) is 5.56 Å². The van der Waals surface area contributed by atoms with Gasteiger partial charge in [-0.1, -0.05) is 18.2 Å². The fourth-order valence-corrected chi connectivity index (χ4v) is 1.95. The van der Waals surface area contributed by atoms with Crippen LogP contribution in [-0.4, -0.2) is 9.91 Å². The molecule has 0 saturated heterocycles. The van der Waals surface area contributed by atoms with Crippen molar-refractivity contribution >= 4 is 16.8 Å². The summed E-state index contributed by atoms with van der Waals surface area (Å²) in [5.41, 5.74) is 2.97. The number of aryl methyl sites for hydroxylation is 1. The molecule has 2 aromatic carbocycles. The lowest BCUT2D eigenvalue weighted by molar-refractivity contribution is -0.384. The van der Waals surface area contributed by atoms with Gasteiger partial charge < -0.3 is 4.42 Å². The molecule has 5 nitrogen and oxygen atoms in total. The number of nitro groups is 1. The average molecular weight is 254 g/mol. The Bertz CT molecular complexity index is 777. The second-order valence-electron chi connectivity index (χ2n) is 4.24. The van der Waals surface area contributed by atoms with E-state index >= 15 is 0 Å². The highest BCUT2D eigenvalue weighted by Gasteiger charge is 2.13. The maximum absolute atomic E-state index is 10.7. The Morgan fingerprint density at radius 2 is 2.00 bits per heavy atom. The first-order valence-electron chi connectivity index (χ1n) is 5.76. The number of nitrogens with zero attached hydrogens (tertiary/aromatic N) is 2. The van der Waals surface area contributed by atoms with E-state index in [9.17, 15) is 10.1 Å². The first kappa shape index (κ1) is 11.4. The molecule has 1 heterocycles. The first-order valence-corrected chi connectivity index (χ1v) is 5.76. The number of nitro benzene ring substituents is 1. The SMILES string of the molecule is Cc1ccccc1-c1nc2ccc([N+](=O)[O-])cc2o1. The lowest BCUT2D eigenvalue weighted by Crippen LogP contribution is -1.86. The van der Waals surface area contributed by atoms with E-state index in [0.717, 1.165) is 11.1 Å². The molecule has 0 N–H and O–H groups in total. The largest absolute Gasteiger partial charge is 0.436 e. The number of aromatic nitrogens is 1. The molecule has 5 heteroatoms. The van der Waals surface area contributed by atoms with Crippen molar-refractivity contribution in [3.05, 3.63) is 58.1 Å². The van der Waals surface area contributed by atoms with Gasteiger partial charge in [0.1, 0.15) is 5.52 Å². The fraction of sp³-hybridized carbons (Fsp3) is 0.0714. The summed E-state index contributed by atoms with van der Waals surface area (Å²) in [6.07, 6.45) is 0. The van der Waals surface area contributed by atoms with E-state index in [2.05, 4.69) is 4.98 Å². The van der Waals surface area contributed by atoms with Crippen molar-refractivity contribution < 1.29 is 9.34 Å². The van der Waals surface area contributed by atoms with Crippen LogP contribution in [0.15, 0.2) is 46.9 Å². The molecule has 0 amide bonds. The van der Waals surface area contributed by atoms with Crippen molar-refractivity contribution in [1.82, 2.24) is 4.98 Å². The summed E-state index contributed by atoms with van der Waals surface area (Å²) < 4.78 is 5.61. The van der Waals surface area contributed by atoms with Gasteiger partial charge in [-0.15, -0.1) is 0 Å². The van der Waals surface area contributed by atoms with Crippen molar-refractivity contribution in [2.45, 2.75) is 6.92 Å². The summed E-state index contributed by atoms with van der Waals surface area (Å²) in [5, 5.41) is 10.7. The minimum absolute atomic E-state index is 0.0000152. The molecule has 0 fully saturated rings. The van der Waals surface area contributed by atoms with Crippen molar-refractivity contribution in [3.63, 3.8) is 0 Å². The molecule has 94 valence electrons. The van der Waals surface area contributed by atoms with E-state index in [1.54, 1.807) is 6.07 Å². The molecule has 0 unspecified atom stereocenters. The zero-order valence-electron chi connectivity index (χ0n) is 10.2. The smallest absolute Gasteiger partial charge is 0.273 e. The molecular formula is C14H10N2O3. The fourth-order valence-electron chi connectivity index (χ4n) is 1.95. The quantitative estimate of drug-likeness (QED) is 0.516. The third-order valence-electron chi connectivity index (χ3n) is 2.96. The summed E-state index contributed by atoms with van der Waals surface area (Å²) in [6.45, 7) is 1.96. The van der Waals surface area contributed by atoms with E-state index in [-0.39, 0.29) is 5.69 Å². The van der Waals surface area contributed by atoms with Gasteiger partial charge in [-0.2, -0.15) is 0 Å². The van der Waals surface area contributed by atoms with Gasteiger partial charge in [0, 0.05) is 11.6 Å². The monoisotopic (exact) mass is 254 g/mol. The zero-order valence-corrected chi connectivity index (χ0v) is 10.2. The Labute approximate surface area is 108 Å². The molecule has 19 heavy (non-hydrogen) atoms. The second-order valence-corrected chi connectivity index (χ2v) is 4.24. The Hall–Kier alpha value is -2.69. The van der Waals surface area contributed by atoms with Gasteiger partial charge in [-0.25, -0.2) is 4.98 Å². The standard InChI is InChI=1S/C14H10N2O3/c1-9-4-2-3-5-11(9)14-15-12-7-6-10(16(17)18)8-13(12)19-14/h2-8H,1H3. The summed E-state index contributed by atoms with van der Waals surface area (Å²) in [5.74, 6) is 0.480. The topological polar surface area (TPSA) is 69.2 Å². The van der Waals surface area contributed by atoms with Crippen molar-refractivity contribution in [1.29, 1.82) is 0 Å². The van der Waals surface area contributed by atoms with Gasteiger partial charge >= 0.3 is 0 Å². The number of non-ortho nitro benzene ring substituents is 1. The third kappa shape index (κ3) is 1.95. The zero-order chi connectivity index (χ0) is 13.4. The third-order valence-corrected chi connectivity index (χ3v) is 2.96. The van der Waals surface area contributed by atoms with Crippen LogP contribution in [-0.2, 0) is 0 Å². The van der Waals surface area contributed by atoms with Crippen molar-refractivity contribution in [3.8, 4) is 11.5 Å². The Morgan fingerprint density at radius 3 is 2.74 bits per heavy atom. The lowest BCUT2D eigenvalue weighted by Gasteiger charge is -1.98. The summed E-state index contributed by atoms with van der Waals surface area (Å²) in [6, 6.07) is 12.1. The Morgan fingerprint density at radius 1 is 1.21 bits per heavy atom. The Balaban J connectivity index is 2.17. The number of hydrogen-bond donors (Lipinski definition) is 0. The van der Waals surface area contributed by atoms with Crippen LogP contribution in [0.4, 0.5) is 5.69 Å². The molecule has 0 aliphatic heterocycles. The summed E-state index contributed by atoms with van der Waals surface area (Å²) >= 11 is 0. The number of fused-ring (bicyclic) bond motifs is 1. The van der Waals surface area contributed by atoms with Crippen LogP contribution in [0, 0.1) is 17.0 Å². The normalized spacial score (nSPS) is 10.8. The van der Waals surface area contributed by atoms with Crippen LogP contribution < -0.4 is 0 Å². The van der Waals surface area contributed by atoms with Crippen LogP contribution >= 0.6 is 0 Å². The molecule has 0 bridgehead atoms. The predicted molar refractivity (Wildman–Crippen MR) is 70.8 cm³/mol. The van der Waals surface area contributed by atoms with Crippen molar-refractivity contribution in [2.24, 2.45) is 0 Å². The van der Waals surface area contributed by atoms with Crippen LogP contribution in [0.2, 0.25) is 0 Å².